The van der Waals surface area contributed by atoms with Crippen molar-refractivity contribution in [1.29, 1.82) is 0 Å². The molecular formula is C15H12BrFO4. The molecule has 0 bridgehead atoms. The summed E-state index contributed by atoms with van der Waals surface area (Å²) >= 11 is 3.17. The topological polar surface area (TPSA) is 55.8 Å². The first-order valence-corrected chi connectivity index (χ1v) is 6.87. The highest BCUT2D eigenvalue weighted by Gasteiger charge is 2.12. The molecule has 0 aliphatic carbocycles. The Kier molecular flexibility index (Phi) is 4.80. The van der Waals surface area contributed by atoms with E-state index in [-0.39, 0.29) is 5.75 Å². The Morgan fingerprint density at radius 3 is 2.38 bits per heavy atom. The van der Waals surface area contributed by atoms with Crippen LogP contribution in [0.2, 0.25) is 0 Å². The Hall–Kier alpha value is -2.08. The van der Waals surface area contributed by atoms with E-state index in [1.807, 2.05) is 0 Å². The summed E-state index contributed by atoms with van der Waals surface area (Å²) < 4.78 is 24.8. The fourth-order valence-electron chi connectivity index (χ4n) is 1.53. The first kappa shape index (κ1) is 15.3. The molecule has 2 aromatic carbocycles. The zero-order chi connectivity index (χ0) is 15.4. The van der Waals surface area contributed by atoms with Crippen molar-refractivity contribution in [2.24, 2.45) is 0 Å². The Bertz CT molecular complexity index is 643. The van der Waals surface area contributed by atoms with Crippen LogP contribution in [0, 0.1) is 5.82 Å². The predicted molar refractivity (Wildman–Crippen MR) is 78.3 cm³/mol. The molecule has 0 heterocycles. The van der Waals surface area contributed by atoms with Gasteiger partial charge in [-0.05, 0) is 49.4 Å². The molecule has 2 aromatic rings. The summed E-state index contributed by atoms with van der Waals surface area (Å²) in [6.45, 7) is 1.43. The van der Waals surface area contributed by atoms with Gasteiger partial charge in [0.15, 0.2) is 17.7 Å². The number of carboxylic acid groups (broad SMARTS) is 1. The molecule has 0 saturated carbocycles. The van der Waals surface area contributed by atoms with Crippen LogP contribution in [0.3, 0.4) is 0 Å². The Balaban J connectivity index is 2.07. The lowest BCUT2D eigenvalue weighted by Gasteiger charge is -2.11. The number of aliphatic carboxylic acids is 1. The lowest BCUT2D eigenvalue weighted by atomic mass is 10.3. The van der Waals surface area contributed by atoms with Crippen LogP contribution in [0.4, 0.5) is 4.39 Å². The van der Waals surface area contributed by atoms with Gasteiger partial charge in [-0.1, -0.05) is 15.9 Å². The molecular weight excluding hydrogens is 343 g/mol. The third kappa shape index (κ3) is 4.19. The minimum atomic E-state index is -1.05. The number of hydrogen-bond donors (Lipinski definition) is 1. The fraction of sp³-hybridized carbons (Fsp3) is 0.133. The van der Waals surface area contributed by atoms with Crippen LogP contribution in [0.1, 0.15) is 6.92 Å². The minimum absolute atomic E-state index is 0.103. The Morgan fingerprint density at radius 1 is 1.19 bits per heavy atom. The number of halogens is 2. The molecule has 0 radical (unpaired) electrons. The van der Waals surface area contributed by atoms with Gasteiger partial charge in [-0.15, -0.1) is 0 Å². The maximum absolute atomic E-state index is 13.6. The van der Waals surface area contributed by atoms with Crippen LogP contribution in [0.15, 0.2) is 46.9 Å². The molecule has 0 aromatic heterocycles. The number of benzene rings is 2. The van der Waals surface area contributed by atoms with Gasteiger partial charge in [0.2, 0.25) is 0 Å². The van der Waals surface area contributed by atoms with Crippen LogP contribution < -0.4 is 9.47 Å². The SMILES string of the molecule is CC(Oc1ccc(Oc2ccc(Br)cc2F)cc1)C(=O)O. The molecule has 1 unspecified atom stereocenters. The zero-order valence-electron chi connectivity index (χ0n) is 11.0. The lowest BCUT2D eigenvalue weighted by molar-refractivity contribution is -0.144. The molecule has 2 rings (SSSR count). The van der Waals surface area contributed by atoms with E-state index in [2.05, 4.69) is 15.9 Å². The average Bonchev–Trinajstić information content (AvgIpc) is 2.43. The molecule has 1 atom stereocenters. The van der Waals surface area contributed by atoms with Crippen molar-refractivity contribution >= 4 is 21.9 Å². The minimum Gasteiger partial charge on any atom is -0.479 e. The molecule has 0 amide bonds. The molecule has 0 saturated heterocycles. The average molecular weight is 355 g/mol. The van der Waals surface area contributed by atoms with E-state index >= 15 is 0 Å². The highest BCUT2D eigenvalue weighted by atomic mass is 79.9. The third-order valence-electron chi connectivity index (χ3n) is 2.61. The highest BCUT2D eigenvalue weighted by Crippen LogP contribution is 2.28. The quantitative estimate of drug-likeness (QED) is 0.872. The van der Waals surface area contributed by atoms with Gasteiger partial charge in [-0.2, -0.15) is 0 Å². The largest absolute Gasteiger partial charge is 0.479 e. The summed E-state index contributed by atoms with van der Waals surface area (Å²) in [5.41, 5.74) is 0. The van der Waals surface area contributed by atoms with E-state index in [0.717, 1.165) is 0 Å². The van der Waals surface area contributed by atoms with Gasteiger partial charge in [0.1, 0.15) is 11.5 Å². The number of carbonyl (C=O) groups is 1. The Labute approximate surface area is 129 Å². The lowest BCUT2D eigenvalue weighted by Crippen LogP contribution is -2.22. The van der Waals surface area contributed by atoms with Crippen molar-refractivity contribution in [2.75, 3.05) is 0 Å². The van der Waals surface area contributed by atoms with Crippen LogP contribution in [0.25, 0.3) is 0 Å². The van der Waals surface area contributed by atoms with Crippen molar-refractivity contribution in [3.63, 3.8) is 0 Å². The van der Waals surface area contributed by atoms with Gasteiger partial charge < -0.3 is 14.6 Å². The molecule has 0 aliphatic rings. The van der Waals surface area contributed by atoms with Gasteiger partial charge >= 0.3 is 5.97 Å². The van der Waals surface area contributed by atoms with E-state index in [0.29, 0.717) is 16.0 Å². The van der Waals surface area contributed by atoms with Gasteiger partial charge in [0.25, 0.3) is 0 Å². The third-order valence-corrected chi connectivity index (χ3v) is 3.10. The smallest absolute Gasteiger partial charge is 0.344 e. The van der Waals surface area contributed by atoms with E-state index in [4.69, 9.17) is 14.6 Å². The second kappa shape index (κ2) is 6.58. The van der Waals surface area contributed by atoms with Gasteiger partial charge in [0, 0.05) is 4.47 Å². The Morgan fingerprint density at radius 2 is 1.81 bits per heavy atom. The highest BCUT2D eigenvalue weighted by molar-refractivity contribution is 9.10. The van der Waals surface area contributed by atoms with E-state index in [1.54, 1.807) is 30.3 Å². The summed E-state index contributed by atoms with van der Waals surface area (Å²) in [4.78, 5) is 10.7. The molecule has 21 heavy (non-hydrogen) atoms. The molecule has 0 fully saturated rings. The normalized spacial score (nSPS) is 11.8. The van der Waals surface area contributed by atoms with Crippen LogP contribution in [-0.2, 0) is 4.79 Å². The van der Waals surface area contributed by atoms with Crippen LogP contribution in [-0.4, -0.2) is 17.2 Å². The van der Waals surface area contributed by atoms with Crippen LogP contribution >= 0.6 is 15.9 Å². The monoisotopic (exact) mass is 354 g/mol. The summed E-state index contributed by atoms with van der Waals surface area (Å²) in [6.07, 6.45) is -0.944. The standard InChI is InChI=1S/C15H12BrFO4/c1-9(15(18)19)20-11-3-5-12(6-4-11)21-14-7-2-10(16)8-13(14)17/h2-9H,1H3,(H,18,19). The second-order valence-electron chi connectivity index (χ2n) is 4.25. The molecule has 0 spiro atoms. The summed E-state index contributed by atoms with van der Waals surface area (Å²) in [6, 6.07) is 10.8. The predicted octanol–water partition coefficient (Wildman–Crippen LogP) is 4.23. The number of ether oxygens (including phenoxy) is 2. The van der Waals surface area contributed by atoms with Crippen LogP contribution in [0.5, 0.6) is 17.2 Å². The van der Waals surface area contributed by atoms with Gasteiger partial charge in [-0.25, -0.2) is 9.18 Å². The second-order valence-corrected chi connectivity index (χ2v) is 5.16. The number of hydrogen-bond acceptors (Lipinski definition) is 3. The molecule has 1 N–H and O–H groups in total. The number of carboxylic acids is 1. The molecule has 0 aliphatic heterocycles. The molecule has 4 nitrogen and oxygen atoms in total. The summed E-state index contributed by atoms with van der Waals surface area (Å²) in [5.74, 6) is -0.609. The van der Waals surface area contributed by atoms with Crippen molar-refractivity contribution in [2.45, 2.75) is 13.0 Å². The van der Waals surface area contributed by atoms with Crippen molar-refractivity contribution in [3.8, 4) is 17.2 Å². The van der Waals surface area contributed by atoms with E-state index < -0.39 is 17.9 Å². The van der Waals surface area contributed by atoms with E-state index in [9.17, 15) is 9.18 Å². The van der Waals surface area contributed by atoms with Crippen molar-refractivity contribution in [1.82, 2.24) is 0 Å². The van der Waals surface area contributed by atoms with Crippen molar-refractivity contribution in [3.05, 3.63) is 52.8 Å². The van der Waals surface area contributed by atoms with Gasteiger partial charge in [-0.3, -0.25) is 0 Å². The van der Waals surface area contributed by atoms with Gasteiger partial charge in [0.05, 0.1) is 0 Å². The number of rotatable bonds is 5. The fourth-order valence-corrected chi connectivity index (χ4v) is 1.86. The maximum Gasteiger partial charge on any atom is 0.344 e. The molecule has 6 heteroatoms. The van der Waals surface area contributed by atoms with Crippen molar-refractivity contribution < 1.29 is 23.8 Å². The first-order valence-electron chi connectivity index (χ1n) is 6.08. The summed E-state index contributed by atoms with van der Waals surface area (Å²) in [7, 11) is 0. The van der Waals surface area contributed by atoms with E-state index in [1.165, 1.54) is 19.1 Å². The zero-order valence-corrected chi connectivity index (χ0v) is 12.6. The molecule has 110 valence electrons. The first-order chi connectivity index (χ1) is 9.95. The maximum atomic E-state index is 13.6. The summed E-state index contributed by atoms with van der Waals surface area (Å²) in [5, 5.41) is 8.75.